The van der Waals surface area contributed by atoms with Crippen LogP contribution in [0.25, 0.3) is 0 Å². The number of nitriles is 1. The molecule has 0 bridgehead atoms. The maximum absolute atomic E-state index is 13.5. The van der Waals surface area contributed by atoms with Gasteiger partial charge in [-0.1, -0.05) is 71.9 Å². The molecule has 14 heteroatoms. The molecule has 13 nitrogen and oxygen atoms in total. The van der Waals surface area contributed by atoms with Crippen LogP contribution < -0.4 is 16.4 Å². The monoisotopic (exact) mass is 815 g/mol. The Bertz CT molecular complexity index is 1490. The second-order valence-electron chi connectivity index (χ2n) is 15.6. The highest BCUT2D eigenvalue weighted by atomic mass is 32.1. The summed E-state index contributed by atoms with van der Waals surface area (Å²) in [5.74, 6) is -1.66. The molecule has 1 aromatic carbocycles. The van der Waals surface area contributed by atoms with Crippen LogP contribution in [0.1, 0.15) is 153 Å². The lowest BCUT2D eigenvalue weighted by Gasteiger charge is -2.36. The summed E-state index contributed by atoms with van der Waals surface area (Å²) in [7, 11) is 1.32. The van der Waals surface area contributed by atoms with Crippen LogP contribution in [-0.2, 0) is 30.3 Å². The highest BCUT2D eigenvalue weighted by molar-refractivity contribution is 7.09. The SMILES string of the molecule is C1CCNCC1.CCCCCCN(C(=O)CCCC)C(CC(OC(C)=O)c1nc(C(=O)NC(Cc2ccc(N)cc2)CC(C)(C)C(=O)O)cs1)C(C)C.COC#N. The van der Waals surface area contributed by atoms with E-state index in [0.717, 1.165) is 44.1 Å². The van der Waals surface area contributed by atoms with Gasteiger partial charge in [-0.3, -0.25) is 19.2 Å². The molecule has 2 heterocycles. The fraction of sp³-hybridized carbons (Fsp3) is 0.674. The van der Waals surface area contributed by atoms with Crippen LogP contribution in [0.4, 0.5) is 5.69 Å². The number of unbranched alkanes of at least 4 members (excludes halogenated alkanes) is 4. The maximum atomic E-state index is 13.5. The first-order valence-electron chi connectivity index (χ1n) is 20.5. The summed E-state index contributed by atoms with van der Waals surface area (Å²) in [6.45, 7) is 16.1. The van der Waals surface area contributed by atoms with Crippen molar-refractivity contribution in [2.24, 2.45) is 11.3 Å². The van der Waals surface area contributed by atoms with Crippen molar-refractivity contribution in [3.8, 4) is 6.26 Å². The van der Waals surface area contributed by atoms with E-state index < -0.39 is 35.4 Å². The zero-order valence-corrected chi connectivity index (χ0v) is 36.6. The van der Waals surface area contributed by atoms with Crippen LogP contribution in [-0.4, -0.2) is 77.6 Å². The summed E-state index contributed by atoms with van der Waals surface area (Å²) >= 11 is 1.23. The molecule has 1 fully saturated rings. The molecule has 3 unspecified atom stereocenters. The number of anilines is 1. The van der Waals surface area contributed by atoms with E-state index in [1.54, 1.807) is 31.4 Å². The number of nitrogens with two attached hydrogens (primary N) is 1. The summed E-state index contributed by atoms with van der Waals surface area (Å²) in [6.07, 6.45) is 12.3. The van der Waals surface area contributed by atoms with Gasteiger partial charge in [0.15, 0.2) is 6.10 Å². The summed E-state index contributed by atoms with van der Waals surface area (Å²) in [5.41, 5.74) is 6.44. The summed E-state index contributed by atoms with van der Waals surface area (Å²) < 4.78 is 9.64. The van der Waals surface area contributed by atoms with Gasteiger partial charge in [-0.15, -0.1) is 11.3 Å². The zero-order valence-electron chi connectivity index (χ0n) is 35.7. The number of nitrogens with one attached hydrogen (secondary N) is 2. The van der Waals surface area contributed by atoms with Crippen molar-refractivity contribution in [3.63, 3.8) is 0 Å². The Kier molecular flexibility index (Phi) is 25.2. The van der Waals surface area contributed by atoms with Crippen molar-refractivity contribution < 1.29 is 33.8 Å². The summed E-state index contributed by atoms with van der Waals surface area (Å²) in [4.78, 5) is 57.8. The van der Waals surface area contributed by atoms with Gasteiger partial charge in [-0.05, 0) is 89.1 Å². The number of carbonyl (C=O) groups is 4. The van der Waals surface area contributed by atoms with E-state index in [0.29, 0.717) is 36.5 Å². The molecule has 2 amide bonds. The van der Waals surface area contributed by atoms with E-state index in [2.05, 4.69) is 48.0 Å². The Morgan fingerprint density at radius 3 is 2.18 bits per heavy atom. The number of methoxy groups -OCH3 is 1. The molecule has 5 N–H and O–H groups in total. The number of thiazole rings is 1. The van der Waals surface area contributed by atoms with Crippen molar-refractivity contribution in [1.82, 2.24) is 20.5 Å². The largest absolute Gasteiger partial charge is 0.481 e. The topological polar surface area (TPSA) is 197 Å². The van der Waals surface area contributed by atoms with Crippen molar-refractivity contribution in [2.75, 3.05) is 32.5 Å². The van der Waals surface area contributed by atoms with E-state index in [-0.39, 0.29) is 30.0 Å². The number of amides is 2. The number of nitrogens with zero attached hydrogens (tertiary/aromatic N) is 3. The number of aliphatic carboxylic acids is 1. The van der Waals surface area contributed by atoms with Crippen LogP contribution in [0.3, 0.4) is 0 Å². The number of hydrogen-bond donors (Lipinski definition) is 4. The molecular weight excluding hydrogens is 745 g/mol. The maximum Gasteiger partial charge on any atom is 0.309 e. The Hall–Kier alpha value is -4.22. The van der Waals surface area contributed by atoms with E-state index >= 15 is 0 Å². The fourth-order valence-corrected chi connectivity index (χ4v) is 7.29. The number of carboxylic acid groups (broad SMARTS) is 1. The van der Waals surface area contributed by atoms with Crippen LogP contribution in [0.15, 0.2) is 29.6 Å². The van der Waals surface area contributed by atoms with Gasteiger partial charge in [0.05, 0.1) is 12.5 Å². The van der Waals surface area contributed by atoms with E-state index in [9.17, 15) is 24.3 Å². The zero-order chi connectivity index (χ0) is 42.8. The molecule has 57 heavy (non-hydrogen) atoms. The number of rotatable bonds is 21. The minimum Gasteiger partial charge on any atom is -0.481 e. The Balaban J connectivity index is 0.00000142. The number of piperidine rings is 1. The molecule has 3 atom stereocenters. The van der Waals surface area contributed by atoms with Gasteiger partial charge >= 0.3 is 11.9 Å². The first kappa shape index (κ1) is 50.8. The third-order valence-corrected chi connectivity index (χ3v) is 10.6. The molecule has 3 rings (SSSR count). The average Bonchev–Trinajstić information content (AvgIpc) is 3.68. The third kappa shape index (κ3) is 20.7. The van der Waals surface area contributed by atoms with Gasteiger partial charge in [-0.2, -0.15) is 5.26 Å². The Labute approximate surface area is 345 Å². The molecule has 0 aliphatic carbocycles. The number of aromatic nitrogens is 1. The lowest BCUT2D eigenvalue weighted by atomic mass is 9.84. The van der Waals surface area contributed by atoms with Crippen LogP contribution in [0, 0.1) is 22.9 Å². The van der Waals surface area contributed by atoms with Crippen molar-refractivity contribution in [1.29, 1.82) is 5.26 Å². The lowest BCUT2D eigenvalue weighted by Crippen LogP contribution is -2.45. The Morgan fingerprint density at radius 2 is 1.68 bits per heavy atom. The predicted molar refractivity (Wildman–Crippen MR) is 226 cm³/mol. The number of nitrogen functional groups attached to an aromatic ring is 1. The molecule has 1 saturated heterocycles. The Morgan fingerprint density at radius 1 is 1.05 bits per heavy atom. The lowest BCUT2D eigenvalue weighted by molar-refractivity contribution is -0.149. The van der Waals surface area contributed by atoms with Gasteiger partial charge in [0, 0.05) is 49.5 Å². The molecule has 0 saturated carbocycles. The molecule has 320 valence electrons. The molecule has 1 aliphatic heterocycles. The highest BCUT2D eigenvalue weighted by Gasteiger charge is 2.34. The first-order valence-corrected chi connectivity index (χ1v) is 21.4. The molecule has 1 aliphatic rings. The minimum atomic E-state index is -1.08. The number of ether oxygens (including phenoxy) is 2. The van der Waals surface area contributed by atoms with Crippen molar-refractivity contribution in [2.45, 2.75) is 150 Å². The van der Waals surface area contributed by atoms with Gasteiger partial charge < -0.3 is 35.8 Å². The molecule has 1 aromatic heterocycles. The van der Waals surface area contributed by atoms with Crippen LogP contribution >= 0.6 is 11.3 Å². The second-order valence-corrected chi connectivity index (χ2v) is 16.5. The molecule has 0 radical (unpaired) electrons. The quantitative estimate of drug-likeness (QED) is 0.0412. The molecular formula is C43H70N6O7S. The first-order chi connectivity index (χ1) is 27.1. The summed E-state index contributed by atoms with van der Waals surface area (Å²) in [5, 5.41) is 25.6. The van der Waals surface area contributed by atoms with Gasteiger partial charge in [0.2, 0.25) is 5.91 Å². The minimum absolute atomic E-state index is 0.0965. The smallest absolute Gasteiger partial charge is 0.309 e. The van der Waals surface area contributed by atoms with Gasteiger partial charge in [0.1, 0.15) is 10.7 Å². The average molecular weight is 815 g/mol. The predicted octanol–water partition coefficient (Wildman–Crippen LogP) is 8.06. The number of carbonyl (C=O) groups excluding carboxylic acids is 3. The number of hydrogen-bond acceptors (Lipinski definition) is 11. The number of esters is 1. The standard InChI is InChI=1S/C36H56N4O6S.C5H11N.C2H3NO/c1-8-10-12-13-19-40(32(42)14-11-9-2)30(24(3)4)21-31(46-25(5)41)34-39-29(23-47-34)33(43)38-28(22-36(6,7)35(44)45)20-26-15-17-27(37)18-16-26;1-2-4-6-5-3-1;1-4-2-3/h15-18,23-24,28,30-31H,8-14,19-22,37H2,1-7H3,(H,38,43)(H,44,45);6H,1-5H2;1H3. The van der Waals surface area contributed by atoms with Crippen molar-refractivity contribution in [3.05, 3.63) is 45.9 Å². The highest BCUT2D eigenvalue weighted by Crippen LogP contribution is 2.32. The van der Waals surface area contributed by atoms with E-state index in [4.69, 9.17) is 15.7 Å². The fourth-order valence-electron chi connectivity index (χ4n) is 6.45. The molecule has 0 spiro atoms. The van der Waals surface area contributed by atoms with E-state index in [1.807, 2.05) is 17.0 Å². The third-order valence-electron chi connectivity index (χ3n) is 9.71. The van der Waals surface area contributed by atoms with Gasteiger partial charge in [-0.25, -0.2) is 4.98 Å². The number of benzene rings is 1. The van der Waals surface area contributed by atoms with Gasteiger partial charge in [0.25, 0.3) is 12.2 Å². The second kappa shape index (κ2) is 28.2. The van der Waals surface area contributed by atoms with Crippen LogP contribution in [0.5, 0.6) is 0 Å². The summed E-state index contributed by atoms with van der Waals surface area (Å²) in [6, 6.07) is 6.58. The molecule has 2 aromatic rings. The van der Waals surface area contributed by atoms with Crippen molar-refractivity contribution >= 4 is 40.8 Å². The number of carboxylic acids is 1. The van der Waals surface area contributed by atoms with Crippen LogP contribution in [0.2, 0.25) is 0 Å². The normalized spacial score (nSPS) is 14.0. The van der Waals surface area contributed by atoms with E-state index in [1.165, 1.54) is 64.0 Å².